The molecule has 2 heterocycles. The Morgan fingerprint density at radius 1 is 1.31 bits per heavy atom. The number of aliphatic hydroxyl groups is 1. The van der Waals surface area contributed by atoms with Crippen LogP contribution in [-0.4, -0.2) is 48.3 Å². The van der Waals surface area contributed by atoms with Crippen molar-refractivity contribution in [2.24, 2.45) is 0 Å². The number of methoxy groups -OCH3 is 1. The third-order valence-corrected chi connectivity index (χ3v) is 6.53. The molecule has 1 fully saturated rings. The highest BCUT2D eigenvalue weighted by Crippen LogP contribution is 2.32. The van der Waals surface area contributed by atoms with Gasteiger partial charge in [0.1, 0.15) is 17.7 Å². The molecule has 1 aliphatic heterocycles. The minimum atomic E-state index is -0.749. The summed E-state index contributed by atoms with van der Waals surface area (Å²) < 4.78 is 19.9. The molecule has 1 aromatic heterocycles. The van der Waals surface area contributed by atoms with E-state index in [4.69, 9.17) is 22.1 Å². The molecule has 188 valence electrons. The SMILES string of the molecule is COC(=O)C1CC(c2cnc(N)c(-c3ccc(C(=O)N[C@H](CO)c4cccc(Cl)c4)c(F)c3)c2)CN1. The summed E-state index contributed by atoms with van der Waals surface area (Å²) in [6.45, 7) is 0.185. The monoisotopic (exact) mass is 512 g/mol. The van der Waals surface area contributed by atoms with Crippen molar-refractivity contribution in [3.63, 3.8) is 0 Å². The van der Waals surface area contributed by atoms with E-state index in [9.17, 15) is 14.7 Å². The maximum Gasteiger partial charge on any atom is 0.322 e. The molecule has 1 aliphatic rings. The van der Waals surface area contributed by atoms with E-state index in [1.54, 1.807) is 36.5 Å². The molecule has 2 aromatic carbocycles. The summed E-state index contributed by atoms with van der Waals surface area (Å²) in [5.74, 6) is -1.52. The lowest BCUT2D eigenvalue weighted by atomic mass is 9.94. The summed E-state index contributed by atoms with van der Waals surface area (Å²) in [4.78, 5) is 28.9. The van der Waals surface area contributed by atoms with Gasteiger partial charge in [-0.1, -0.05) is 29.8 Å². The van der Waals surface area contributed by atoms with Crippen LogP contribution in [0.2, 0.25) is 5.02 Å². The summed E-state index contributed by atoms with van der Waals surface area (Å²) in [7, 11) is 1.35. The van der Waals surface area contributed by atoms with Gasteiger partial charge >= 0.3 is 5.97 Å². The second-order valence-electron chi connectivity index (χ2n) is 8.58. The van der Waals surface area contributed by atoms with E-state index >= 15 is 4.39 Å². The van der Waals surface area contributed by atoms with Crippen molar-refractivity contribution in [3.05, 3.63) is 82.3 Å². The molecule has 0 spiro atoms. The van der Waals surface area contributed by atoms with Crippen molar-refractivity contribution in [3.8, 4) is 11.1 Å². The molecule has 0 radical (unpaired) electrons. The van der Waals surface area contributed by atoms with E-state index in [0.717, 1.165) is 5.56 Å². The largest absolute Gasteiger partial charge is 0.468 e. The number of nitrogen functional groups attached to an aromatic ring is 1. The summed E-state index contributed by atoms with van der Waals surface area (Å²) in [5.41, 5.74) is 8.34. The van der Waals surface area contributed by atoms with Crippen molar-refractivity contribution in [2.45, 2.75) is 24.4 Å². The number of hydrogen-bond acceptors (Lipinski definition) is 7. The van der Waals surface area contributed by atoms with Crippen LogP contribution < -0.4 is 16.4 Å². The zero-order chi connectivity index (χ0) is 25.8. The number of nitrogens with zero attached hydrogens (tertiary/aromatic N) is 1. The smallest absolute Gasteiger partial charge is 0.322 e. The highest BCUT2D eigenvalue weighted by atomic mass is 35.5. The number of aromatic nitrogens is 1. The fraction of sp³-hybridized carbons (Fsp3) is 0.269. The minimum absolute atomic E-state index is 0.0118. The molecule has 0 bridgehead atoms. The standard InChI is InChI=1S/C26H26ClFN4O4/c1-36-26(35)22-10-17(11-30-22)16-8-20(24(29)31-12-16)14-5-6-19(21(28)9-14)25(34)32-23(13-33)15-3-2-4-18(27)7-15/h2-9,12,17,22-23,30,33H,10-11,13H2,1H3,(H2,29,31)(H,32,34)/t17?,22?,23-/m1/s1. The Morgan fingerprint density at radius 2 is 2.11 bits per heavy atom. The van der Waals surface area contributed by atoms with Crippen molar-refractivity contribution >= 4 is 29.3 Å². The first kappa shape index (κ1) is 25.6. The van der Waals surface area contributed by atoms with Gasteiger partial charge in [-0.15, -0.1) is 0 Å². The lowest BCUT2D eigenvalue weighted by molar-refractivity contribution is -0.142. The molecular formula is C26H26ClFN4O4. The topological polar surface area (TPSA) is 127 Å². The molecule has 8 nitrogen and oxygen atoms in total. The Kier molecular flexibility index (Phi) is 7.83. The molecule has 36 heavy (non-hydrogen) atoms. The van der Waals surface area contributed by atoms with E-state index in [-0.39, 0.29) is 29.9 Å². The second kappa shape index (κ2) is 11.0. The average Bonchev–Trinajstić information content (AvgIpc) is 3.37. The van der Waals surface area contributed by atoms with Crippen molar-refractivity contribution in [1.29, 1.82) is 0 Å². The van der Waals surface area contributed by atoms with Crippen LogP contribution in [0.4, 0.5) is 10.2 Å². The number of benzene rings is 2. The number of rotatable bonds is 7. The number of esters is 1. The van der Waals surface area contributed by atoms with Crippen LogP contribution >= 0.6 is 11.6 Å². The number of halogens is 2. The number of hydrogen-bond donors (Lipinski definition) is 4. The number of pyridine rings is 1. The van der Waals surface area contributed by atoms with Gasteiger partial charge in [-0.3, -0.25) is 9.59 Å². The molecule has 1 amide bonds. The van der Waals surface area contributed by atoms with Crippen molar-refractivity contribution < 1.29 is 23.8 Å². The summed E-state index contributed by atoms with van der Waals surface area (Å²) >= 11 is 6.00. The number of nitrogens with one attached hydrogen (secondary N) is 2. The number of amides is 1. The maximum absolute atomic E-state index is 15.1. The lowest BCUT2D eigenvalue weighted by Gasteiger charge is -2.18. The fourth-order valence-corrected chi connectivity index (χ4v) is 4.52. The number of carbonyl (C=O) groups is 2. The van der Waals surface area contributed by atoms with Crippen LogP contribution in [0, 0.1) is 5.82 Å². The van der Waals surface area contributed by atoms with Crippen LogP contribution in [0.5, 0.6) is 0 Å². The highest BCUT2D eigenvalue weighted by molar-refractivity contribution is 6.30. The van der Waals surface area contributed by atoms with Gasteiger partial charge in [0.05, 0.1) is 25.3 Å². The summed E-state index contributed by atoms with van der Waals surface area (Å²) in [5, 5.41) is 16.0. The first-order chi connectivity index (χ1) is 17.3. The van der Waals surface area contributed by atoms with Gasteiger partial charge in [-0.25, -0.2) is 9.37 Å². The first-order valence-electron chi connectivity index (χ1n) is 11.3. The second-order valence-corrected chi connectivity index (χ2v) is 9.01. The normalized spacial score (nSPS) is 18.0. The van der Waals surface area contributed by atoms with Crippen molar-refractivity contribution in [2.75, 3.05) is 26.0 Å². The quantitative estimate of drug-likeness (QED) is 0.358. The van der Waals surface area contributed by atoms with Crippen LogP contribution in [0.15, 0.2) is 54.7 Å². The molecule has 4 rings (SSSR count). The van der Waals surface area contributed by atoms with E-state index in [1.807, 2.05) is 6.07 Å². The van der Waals surface area contributed by atoms with Gasteiger partial charge in [-0.2, -0.15) is 0 Å². The molecule has 3 atom stereocenters. The molecular weight excluding hydrogens is 487 g/mol. The number of aliphatic hydroxyl groups excluding tert-OH is 1. The number of carbonyl (C=O) groups excluding carboxylic acids is 2. The number of ether oxygens (including phenoxy) is 1. The van der Waals surface area contributed by atoms with Crippen LogP contribution in [0.1, 0.15) is 39.9 Å². The molecule has 0 aliphatic carbocycles. The Morgan fingerprint density at radius 3 is 2.81 bits per heavy atom. The predicted octanol–water partition coefficient (Wildman–Crippen LogP) is 3.21. The molecule has 0 saturated carbocycles. The van der Waals surface area contributed by atoms with E-state index < -0.39 is 23.8 Å². The summed E-state index contributed by atoms with van der Waals surface area (Å²) in [6.07, 6.45) is 2.19. The first-order valence-corrected chi connectivity index (χ1v) is 11.7. The predicted molar refractivity (Wildman–Crippen MR) is 134 cm³/mol. The van der Waals surface area contributed by atoms with Gasteiger partial charge in [0.15, 0.2) is 0 Å². The third kappa shape index (κ3) is 5.48. The molecule has 3 aromatic rings. The third-order valence-electron chi connectivity index (χ3n) is 6.29. The maximum atomic E-state index is 15.1. The van der Waals surface area contributed by atoms with Crippen LogP contribution in [-0.2, 0) is 9.53 Å². The van der Waals surface area contributed by atoms with Crippen LogP contribution in [0.25, 0.3) is 11.1 Å². The lowest BCUT2D eigenvalue weighted by Crippen LogP contribution is -2.31. The molecule has 10 heteroatoms. The van der Waals surface area contributed by atoms with Gasteiger partial charge in [0, 0.05) is 23.3 Å². The zero-order valence-electron chi connectivity index (χ0n) is 19.5. The van der Waals surface area contributed by atoms with E-state index in [0.29, 0.717) is 34.7 Å². The highest BCUT2D eigenvalue weighted by Gasteiger charge is 2.31. The van der Waals surface area contributed by atoms with Crippen molar-refractivity contribution in [1.82, 2.24) is 15.6 Å². The van der Waals surface area contributed by atoms with Gasteiger partial charge in [0.25, 0.3) is 5.91 Å². The Hall–Kier alpha value is -3.53. The van der Waals surface area contributed by atoms with E-state index in [2.05, 4.69) is 15.6 Å². The number of anilines is 1. The Balaban J connectivity index is 1.54. The number of nitrogens with two attached hydrogens (primary N) is 1. The zero-order valence-corrected chi connectivity index (χ0v) is 20.3. The fourth-order valence-electron chi connectivity index (χ4n) is 4.32. The molecule has 1 saturated heterocycles. The average molecular weight is 513 g/mol. The Bertz CT molecular complexity index is 1290. The van der Waals surface area contributed by atoms with E-state index in [1.165, 1.54) is 19.2 Å². The summed E-state index contributed by atoms with van der Waals surface area (Å²) in [6, 6.07) is 11.6. The van der Waals surface area contributed by atoms with Gasteiger partial charge < -0.3 is 26.2 Å². The Labute approximate surface area is 212 Å². The van der Waals surface area contributed by atoms with Crippen LogP contribution in [0.3, 0.4) is 0 Å². The van der Waals surface area contributed by atoms with Gasteiger partial charge in [0.2, 0.25) is 0 Å². The minimum Gasteiger partial charge on any atom is -0.468 e. The van der Waals surface area contributed by atoms with Gasteiger partial charge in [-0.05, 0) is 59.4 Å². The molecule has 5 N–H and O–H groups in total. The molecule has 2 unspecified atom stereocenters.